The average molecular weight is 271 g/mol. The van der Waals surface area contributed by atoms with Crippen LogP contribution in [0, 0.1) is 0 Å². The van der Waals surface area contributed by atoms with E-state index in [-0.39, 0.29) is 0 Å². The van der Waals surface area contributed by atoms with Crippen molar-refractivity contribution in [2.24, 2.45) is 0 Å². The zero-order chi connectivity index (χ0) is 12.3. The highest BCUT2D eigenvalue weighted by molar-refractivity contribution is 6.35. The third kappa shape index (κ3) is 2.97. The summed E-state index contributed by atoms with van der Waals surface area (Å²) in [5.41, 5.74) is 0.858. The van der Waals surface area contributed by atoms with Crippen LogP contribution in [0.5, 0.6) is 0 Å². The van der Waals surface area contributed by atoms with Crippen LogP contribution >= 0.6 is 23.2 Å². The second-order valence-corrected chi connectivity index (χ2v) is 4.40. The summed E-state index contributed by atoms with van der Waals surface area (Å²) in [6.45, 7) is 1.17. The Morgan fingerprint density at radius 1 is 1.29 bits per heavy atom. The van der Waals surface area contributed by atoms with Crippen LogP contribution < -0.4 is 5.32 Å². The van der Waals surface area contributed by atoms with Gasteiger partial charge < -0.3 is 5.32 Å². The van der Waals surface area contributed by atoms with Crippen molar-refractivity contribution in [3.05, 3.63) is 46.0 Å². The Hall–Kier alpha value is -1.10. The molecule has 4 nitrogen and oxygen atoms in total. The SMILES string of the molecule is CNCc1ncn(Cc2c(Cl)cccc2Cl)n1. The van der Waals surface area contributed by atoms with Crippen LogP contribution in [0.2, 0.25) is 10.0 Å². The first-order valence-electron chi connectivity index (χ1n) is 5.16. The van der Waals surface area contributed by atoms with Crippen LogP contribution in [0.25, 0.3) is 0 Å². The number of aromatic nitrogens is 3. The lowest BCUT2D eigenvalue weighted by Crippen LogP contribution is -2.08. The zero-order valence-electron chi connectivity index (χ0n) is 9.32. The Morgan fingerprint density at radius 3 is 2.65 bits per heavy atom. The Balaban J connectivity index is 2.19. The first kappa shape index (κ1) is 12.4. The third-order valence-electron chi connectivity index (χ3n) is 2.30. The molecule has 1 aromatic heterocycles. The highest BCUT2D eigenvalue weighted by Crippen LogP contribution is 2.24. The van der Waals surface area contributed by atoms with E-state index >= 15 is 0 Å². The Morgan fingerprint density at radius 2 is 2.00 bits per heavy atom. The minimum Gasteiger partial charge on any atom is -0.313 e. The molecule has 0 atom stereocenters. The Labute approximate surface area is 110 Å². The van der Waals surface area contributed by atoms with Crippen molar-refractivity contribution in [3.63, 3.8) is 0 Å². The largest absolute Gasteiger partial charge is 0.313 e. The molecular weight excluding hydrogens is 259 g/mol. The lowest BCUT2D eigenvalue weighted by molar-refractivity contribution is 0.659. The maximum atomic E-state index is 6.09. The molecule has 90 valence electrons. The van der Waals surface area contributed by atoms with E-state index in [1.807, 2.05) is 25.2 Å². The fourth-order valence-corrected chi connectivity index (χ4v) is 2.01. The minimum absolute atomic E-state index is 0.523. The minimum atomic E-state index is 0.523. The van der Waals surface area contributed by atoms with Gasteiger partial charge in [-0.1, -0.05) is 29.3 Å². The number of halogens is 2. The smallest absolute Gasteiger partial charge is 0.164 e. The molecule has 0 aliphatic carbocycles. The van der Waals surface area contributed by atoms with Gasteiger partial charge in [-0.15, -0.1) is 0 Å². The second-order valence-electron chi connectivity index (χ2n) is 3.59. The molecule has 0 aliphatic heterocycles. The van der Waals surface area contributed by atoms with Gasteiger partial charge in [0.05, 0.1) is 13.1 Å². The highest BCUT2D eigenvalue weighted by Gasteiger charge is 2.07. The summed E-state index contributed by atoms with van der Waals surface area (Å²) in [4.78, 5) is 4.16. The van der Waals surface area contributed by atoms with Gasteiger partial charge in [-0.05, 0) is 19.2 Å². The van der Waals surface area contributed by atoms with Crippen molar-refractivity contribution in [3.8, 4) is 0 Å². The fraction of sp³-hybridized carbons (Fsp3) is 0.273. The number of nitrogens with one attached hydrogen (secondary N) is 1. The van der Waals surface area contributed by atoms with Crippen LogP contribution in [0.4, 0.5) is 0 Å². The van der Waals surface area contributed by atoms with Gasteiger partial charge >= 0.3 is 0 Å². The van der Waals surface area contributed by atoms with Gasteiger partial charge in [-0.3, -0.25) is 0 Å². The molecule has 0 radical (unpaired) electrons. The van der Waals surface area contributed by atoms with Crippen molar-refractivity contribution < 1.29 is 0 Å². The van der Waals surface area contributed by atoms with Crippen LogP contribution in [0.1, 0.15) is 11.4 Å². The topological polar surface area (TPSA) is 42.7 Å². The molecule has 1 aromatic carbocycles. The monoisotopic (exact) mass is 270 g/mol. The summed E-state index contributed by atoms with van der Waals surface area (Å²) in [5.74, 6) is 0.746. The fourth-order valence-electron chi connectivity index (χ4n) is 1.49. The molecule has 17 heavy (non-hydrogen) atoms. The molecule has 6 heteroatoms. The molecule has 1 N–H and O–H groups in total. The van der Waals surface area contributed by atoms with Gasteiger partial charge in [0.2, 0.25) is 0 Å². The molecule has 0 unspecified atom stereocenters. The van der Waals surface area contributed by atoms with Crippen molar-refractivity contribution in [2.75, 3.05) is 7.05 Å². The van der Waals surface area contributed by atoms with Crippen molar-refractivity contribution in [2.45, 2.75) is 13.1 Å². The summed E-state index contributed by atoms with van der Waals surface area (Å²) in [5, 5.41) is 8.58. The summed E-state index contributed by atoms with van der Waals surface area (Å²) in [6.07, 6.45) is 1.67. The Bertz CT molecular complexity index is 490. The van der Waals surface area contributed by atoms with E-state index in [0.29, 0.717) is 23.1 Å². The lowest BCUT2D eigenvalue weighted by Gasteiger charge is -2.06. The number of nitrogens with zero attached hydrogens (tertiary/aromatic N) is 3. The molecule has 0 bridgehead atoms. The van der Waals surface area contributed by atoms with Crippen LogP contribution in [-0.4, -0.2) is 21.8 Å². The Kier molecular flexibility index (Phi) is 3.99. The van der Waals surface area contributed by atoms with E-state index in [0.717, 1.165) is 11.4 Å². The molecule has 2 aromatic rings. The van der Waals surface area contributed by atoms with Crippen molar-refractivity contribution >= 4 is 23.2 Å². The van der Waals surface area contributed by atoms with Crippen LogP contribution in [-0.2, 0) is 13.1 Å². The average Bonchev–Trinajstić information content (AvgIpc) is 2.72. The molecule has 0 amide bonds. The number of hydrogen-bond donors (Lipinski definition) is 1. The molecule has 2 rings (SSSR count). The van der Waals surface area contributed by atoms with E-state index < -0.39 is 0 Å². The quantitative estimate of drug-likeness (QED) is 0.928. The standard InChI is InChI=1S/C11H12Cl2N4/c1-14-5-11-15-7-17(16-11)6-8-9(12)3-2-4-10(8)13/h2-4,7,14H,5-6H2,1H3. The summed E-state index contributed by atoms with van der Waals surface area (Å²) >= 11 is 12.2. The normalized spacial score (nSPS) is 10.8. The van der Waals surface area contributed by atoms with E-state index in [9.17, 15) is 0 Å². The molecule has 0 spiro atoms. The number of rotatable bonds is 4. The third-order valence-corrected chi connectivity index (χ3v) is 3.01. The van der Waals surface area contributed by atoms with Gasteiger partial charge in [-0.2, -0.15) is 5.10 Å². The first-order chi connectivity index (χ1) is 8.20. The van der Waals surface area contributed by atoms with E-state index in [1.165, 1.54) is 0 Å². The summed E-state index contributed by atoms with van der Waals surface area (Å²) in [7, 11) is 1.85. The highest BCUT2D eigenvalue weighted by atomic mass is 35.5. The van der Waals surface area contributed by atoms with Gasteiger partial charge in [-0.25, -0.2) is 9.67 Å². The number of hydrogen-bond acceptors (Lipinski definition) is 3. The van der Waals surface area contributed by atoms with Gasteiger partial charge in [0.25, 0.3) is 0 Å². The summed E-state index contributed by atoms with van der Waals surface area (Å²) in [6, 6.07) is 5.45. The maximum absolute atomic E-state index is 6.09. The molecular formula is C11H12Cl2N4. The van der Waals surface area contributed by atoms with Gasteiger partial charge in [0.15, 0.2) is 5.82 Å². The first-order valence-corrected chi connectivity index (χ1v) is 5.92. The lowest BCUT2D eigenvalue weighted by atomic mass is 10.2. The molecule has 0 saturated heterocycles. The van der Waals surface area contributed by atoms with E-state index in [1.54, 1.807) is 11.0 Å². The van der Waals surface area contributed by atoms with Gasteiger partial charge in [0, 0.05) is 15.6 Å². The maximum Gasteiger partial charge on any atom is 0.164 e. The number of benzene rings is 1. The van der Waals surface area contributed by atoms with E-state index in [4.69, 9.17) is 23.2 Å². The summed E-state index contributed by atoms with van der Waals surface area (Å²) < 4.78 is 1.72. The van der Waals surface area contributed by atoms with Crippen molar-refractivity contribution in [1.29, 1.82) is 0 Å². The molecule has 1 heterocycles. The second kappa shape index (κ2) is 5.49. The predicted molar refractivity (Wildman–Crippen MR) is 68.3 cm³/mol. The molecule has 0 fully saturated rings. The van der Waals surface area contributed by atoms with Gasteiger partial charge in [0.1, 0.15) is 6.33 Å². The van der Waals surface area contributed by atoms with Crippen molar-refractivity contribution in [1.82, 2.24) is 20.1 Å². The predicted octanol–water partition coefficient (Wildman–Crippen LogP) is 2.35. The molecule has 0 saturated carbocycles. The van der Waals surface area contributed by atoms with Crippen LogP contribution in [0.3, 0.4) is 0 Å². The molecule has 0 aliphatic rings. The van der Waals surface area contributed by atoms with E-state index in [2.05, 4.69) is 15.4 Å². The van der Waals surface area contributed by atoms with Crippen LogP contribution in [0.15, 0.2) is 24.5 Å². The zero-order valence-corrected chi connectivity index (χ0v) is 10.8.